The smallest absolute Gasteiger partial charge is 0.256 e. The molecule has 0 aliphatic carbocycles. The van der Waals surface area contributed by atoms with Crippen LogP contribution in [0.15, 0.2) is 84.0 Å². The highest BCUT2D eigenvalue weighted by Crippen LogP contribution is 2.34. The van der Waals surface area contributed by atoms with Crippen LogP contribution in [-0.4, -0.2) is 51.7 Å². The van der Waals surface area contributed by atoms with Gasteiger partial charge in [-0.2, -0.15) is 0 Å². The fourth-order valence-electron chi connectivity index (χ4n) is 5.40. The standard InChI is InChI=1S/C29H32N4O2S/c1-2-36-25-24(14-9-17-30-25)26(34)33-18-15-29(16-19-33)31-27(35)28(32-29,20-22-10-5-3-6-11-22)21-23-12-7-4-8-13-23/h3-14,17,32H,2,15-16,18-21H2,1H3,(H,31,35). The average molecular weight is 501 g/mol. The Labute approximate surface area is 216 Å². The van der Waals surface area contributed by atoms with Gasteiger partial charge in [0.25, 0.3) is 5.91 Å². The summed E-state index contributed by atoms with van der Waals surface area (Å²) in [5.74, 6) is 0.906. The predicted octanol–water partition coefficient (Wildman–Crippen LogP) is 4.07. The summed E-state index contributed by atoms with van der Waals surface area (Å²) in [5, 5.41) is 7.89. The van der Waals surface area contributed by atoms with Gasteiger partial charge >= 0.3 is 0 Å². The minimum atomic E-state index is -0.747. The first kappa shape index (κ1) is 24.5. The van der Waals surface area contributed by atoms with Gasteiger partial charge < -0.3 is 10.2 Å². The summed E-state index contributed by atoms with van der Waals surface area (Å²) in [6.45, 7) is 3.21. The molecular weight excluding hydrogens is 468 g/mol. The molecule has 3 aromatic rings. The van der Waals surface area contributed by atoms with Crippen LogP contribution >= 0.6 is 11.8 Å². The molecule has 2 aliphatic heterocycles. The Morgan fingerprint density at radius 2 is 1.56 bits per heavy atom. The molecule has 186 valence electrons. The van der Waals surface area contributed by atoms with Gasteiger partial charge in [-0.25, -0.2) is 4.98 Å². The molecule has 0 bridgehead atoms. The molecule has 0 unspecified atom stereocenters. The minimum Gasteiger partial charge on any atom is -0.338 e. The fourth-order valence-corrected chi connectivity index (χ4v) is 6.12. The van der Waals surface area contributed by atoms with Crippen LogP contribution in [0.1, 0.15) is 41.3 Å². The molecule has 2 aliphatic rings. The van der Waals surface area contributed by atoms with Crippen molar-refractivity contribution in [2.45, 2.75) is 48.8 Å². The predicted molar refractivity (Wildman–Crippen MR) is 143 cm³/mol. The number of rotatable bonds is 7. The third-order valence-corrected chi connectivity index (χ3v) is 8.04. The van der Waals surface area contributed by atoms with Crippen molar-refractivity contribution in [3.8, 4) is 0 Å². The van der Waals surface area contributed by atoms with Gasteiger partial charge in [-0.1, -0.05) is 67.6 Å². The number of carbonyl (C=O) groups excluding carboxylic acids is 2. The molecule has 0 atom stereocenters. The molecule has 1 aromatic heterocycles. The van der Waals surface area contributed by atoms with Crippen molar-refractivity contribution in [1.82, 2.24) is 20.5 Å². The number of carbonyl (C=O) groups is 2. The van der Waals surface area contributed by atoms with Crippen LogP contribution < -0.4 is 10.6 Å². The summed E-state index contributed by atoms with van der Waals surface area (Å²) in [5.41, 5.74) is 1.64. The molecule has 7 heteroatoms. The number of nitrogens with zero attached hydrogens (tertiary/aromatic N) is 2. The van der Waals surface area contributed by atoms with Gasteiger partial charge in [0.2, 0.25) is 5.91 Å². The quantitative estimate of drug-likeness (QED) is 0.479. The van der Waals surface area contributed by atoms with Crippen molar-refractivity contribution < 1.29 is 9.59 Å². The second-order valence-electron chi connectivity index (χ2n) is 9.65. The van der Waals surface area contributed by atoms with E-state index in [4.69, 9.17) is 0 Å². The molecule has 2 fully saturated rings. The van der Waals surface area contributed by atoms with E-state index in [0.717, 1.165) is 21.9 Å². The number of pyridine rings is 1. The maximum absolute atomic E-state index is 13.7. The Morgan fingerprint density at radius 1 is 0.944 bits per heavy atom. The number of thioether (sulfide) groups is 1. The zero-order chi connectivity index (χ0) is 25.0. The SMILES string of the molecule is CCSc1ncccc1C(=O)N1CCC2(CC1)NC(=O)C(Cc1ccccc1)(Cc1ccccc1)N2. The first-order valence-electron chi connectivity index (χ1n) is 12.6. The topological polar surface area (TPSA) is 74.3 Å². The van der Waals surface area contributed by atoms with Crippen LogP contribution in [0.25, 0.3) is 0 Å². The van der Waals surface area contributed by atoms with E-state index in [1.165, 1.54) is 0 Å². The lowest BCUT2D eigenvalue weighted by Gasteiger charge is -2.41. The van der Waals surface area contributed by atoms with Crippen LogP contribution in [0, 0.1) is 0 Å². The summed E-state index contributed by atoms with van der Waals surface area (Å²) in [6, 6.07) is 24.0. The molecule has 2 N–H and O–H groups in total. The zero-order valence-electron chi connectivity index (χ0n) is 20.6. The third kappa shape index (κ3) is 5.04. The summed E-state index contributed by atoms with van der Waals surface area (Å²) in [6.07, 6.45) is 4.26. The lowest BCUT2D eigenvalue weighted by atomic mass is 9.84. The Bertz CT molecular complexity index is 1170. The van der Waals surface area contributed by atoms with E-state index in [1.54, 1.807) is 18.0 Å². The molecule has 2 aromatic carbocycles. The number of hydrogen-bond donors (Lipinski definition) is 2. The number of nitrogens with one attached hydrogen (secondary N) is 2. The molecule has 0 saturated carbocycles. The Morgan fingerprint density at radius 3 is 2.14 bits per heavy atom. The highest BCUT2D eigenvalue weighted by atomic mass is 32.2. The maximum Gasteiger partial charge on any atom is 0.256 e. The number of benzene rings is 2. The summed E-state index contributed by atoms with van der Waals surface area (Å²) in [4.78, 5) is 33.3. The maximum atomic E-state index is 13.7. The van der Waals surface area contributed by atoms with Crippen molar-refractivity contribution in [3.05, 3.63) is 95.7 Å². The molecule has 2 amide bonds. The monoisotopic (exact) mass is 500 g/mol. The molecule has 5 rings (SSSR count). The number of amides is 2. The molecule has 36 heavy (non-hydrogen) atoms. The Balaban J connectivity index is 1.35. The minimum absolute atomic E-state index is 0.0121. The van der Waals surface area contributed by atoms with E-state index in [2.05, 4.69) is 46.8 Å². The van der Waals surface area contributed by atoms with Crippen molar-refractivity contribution >= 4 is 23.6 Å². The van der Waals surface area contributed by atoms with Crippen LogP contribution in [0.5, 0.6) is 0 Å². The largest absolute Gasteiger partial charge is 0.338 e. The van der Waals surface area contributed by atoms with Gasteiger partial charge in [0.05, 0.1) is 11.2 Å². The molecule has 2 saturated heterocycles. The first-order valence-corrected chi connectivity index (χ1v) is 13.6. The lowest BCUT2D eigenvalue weighted by Crippen LogP contribution is -2.60. The highest BCUT2D eigenvalue weighted by Gasteiger charge is 2.54. The molecule has 0 radical (unpaired) electrons. The van der Waals surface area contributed by atoms with Crippen LogP contribution in [-0.2, 0) is 17.6 Å². The Hall–Kier alpha value is -3.16. The number of hydrogen-bond acceptors (Lipinski definition) is 5. The van der Waals surface area contributed by atoms with Crippen molar-refractivity contribution in [1.29, 1.82) is 0 Å². The van der Waals surface area contributed by atoms with E-state index >= 15 is 0 Å². The van der Waals surface area contributed by atoms with Gasteiger partial charge in [0, 0.05) is 32.1 Å². The van der Waals surface area contributed by atoms with Gasteiger partial charge in [0.1, 0.15) is 10.6 Å². The zero-order valence-corrected chi connectivity index (χ0v) is 21.4. The second-order valence-corrected chi connectivity index (χ2v) is 10.9. The van der Waals surface area contributed by atoms with Gasteiger partial charge in [-0.3, -0.25) is 14.9 Å². The fraction of sp³-hybridized carbons (Fsp3) is 0.345. The van der Waals surface area contributed by atoms with Gasteiger partial charge in [0.15, 0.2) is 0 Å². The van der Waals surface area contributed by atoms with E-state index < -0.39 is 11.2 Å². The van der Waals surface area contributed by atoms with Gasteiger partial charge in [-0.15, -0.1) is 11.8 Å². The van der Waals surface area contributed by atoms with E-state index in [1.807, 2.05) is 53.4 Å². The normalized spacial score (nSPS) is 18.2. The molecule has 3 heterocycles. The van der Waals surface area contributed by atoms with Crippen molar-refractivity contribution in [3.63, 3.8) is 0 Å². The lowest BCUT2D eigenvalue weighted by molar-refractivity contribution is -0.124. The summed E-state index contributed by atoms with van der Waals surface area (Å²) >= 11 is 1.59. The van der Waals surface area contributed by atoms with Gasteiger partial charge in [-0.05, 0) is 41.9 Å². The molecular formula is C29H32N4O2S. The summed E-state index contributed by atoms with van der Waals surface area (Å²) in [7, 11) is 0. The second kappa shape index (κ2) is 10.4. The average Bonchev–Trinajstić information content (AvgIpc) is 3.15. The third-order valence-electron chi connectivity index (χ3n) is 7.15. The summed E-state index contributed by atoms with van der Waals surface area (Å²) < 4.78 is 0. The first-order chi connectivity index (χ1) is 17.5. The highest BCUT2D eigenvalue weighted by molar-refractivity contribution is 7.99. The molecule has 1 spiro atoms. The van der Waals surface area contributed by atoms with E-state index in [0.29, 0.717) is 44.3 Å². The number of piperidine rings is 1. The van der Waals surface area contributed by atoms with Crippen LogP contribution in [0.2, 0.25) is 0 Å². The number of aromatic nitrogens is 1. The van der Waals surface area contributed by atoms with E-state index in [9.17, 15) is 9.59 Å². The van der Waals surface area contributed by atoms with Crippen molar-refractivity contribution in [2.75, 3.05) is 18.8 Å². The van der Waals surface area contributed by atoms with Crippen LogP contribution in [0.4, 0.5) is 0 Å². The number of likely N-dealkylation sites (tertiary alicyclic amines) is 1. The molecule has 6 nitrogen and oxygen atoms in total. The van der Waals surface area contributed by atoms with E-state index in [-0.39, 0.29) is 11.8 Å². The Kier molecular flexibility index (Phi) is 7.12. The van der Waals surface area contributed by atoms with Crippen LogP contribution in [0.3, 0.4) is 0 Å². The van der Waals surface area contributed by atoms with Crippen molar-refractivity contribution in [2.24, 2.45) is 0 Å².